The average molecular weight is 247 g/mol. The van der Waals surface area contributed by atoms with Crippen molar-refractivity contribution >= 4 is 16.5 Å². The number of rotatable bonds is 4. The van der Waals surface area contributed by atoms with Crippen molar-refractivity contribution in [2.75, 3.05) is 11.9 Å². The molecule has 0 amide bonds. The standard InChI is InChI=1S/C11H13N5S/c1-8-6-14-16(7-8)4-3-13-11-10(5-12)9(2)15-17-11/h6-7,13H,3-4H2,1-2H3. The van der Waals surface area contributed by atoms with Crippen molar-refractivity contribution in [3.8, 4) is 6.07 Å². The molecule has 2 rings (SSSR count). The molecule has 0 spiro atoms. The van der Waals surface area contributed by atoms with Crippen molar-refractivity contribution in [3.63, 3.8) is 0 Å². The molecule has 0 radical (unpaired) electrons. The highest BCUT2D eigenvalue weighted by atomic mass is 32.1. The summed E-state index contributed by atoms with van der Waals surface area (Å²) in [6.07, 6.45) is 3.82. The first-order valence-electron chi connectivity index (χ1n) is 5.30. The molecule has 17 heavy (non-hydrogen) atoms. The summed E-state index contributed by atoms with van der Waals surface area (Å²) >= 11 is 1.33. The molecule has 6 heteroatoms. The third-order valence-corrected chi connectivity index (χ3v) is 3.26. The van der Waals surface area contributed by atoms with Crippen LogP contribution >= 0.6 is 11.5 Å². The number of hydrogen-bond donors (Lipinski definition) is 1. The Kier molecular flexibility index (Phi) is 3.40. The molecule has 0 fully saturated rings. The smallest absolute Gasteiger partial charge is 0.127 e. The summed E-state index contributed by atoms with van der Waals surface area (Å²) in [7, 11) is 0. The van der Waals surface area contributed by atoms with Gasteiger partial charge >= 0.3 is 0 Å². The van der Waals surface area contributed by atoms with Gasteiger partial charge in [0.1, 0.15) is 16.6 Å². The minimum absolute atomic E-state index is 0.645. The van der Waals surface area contributed by atoms with Crippen LogP contribution in [0.2, 0.25) is 0 Å². The predicted molar refractivity (Wildman–Crippen MR) is 67.0 cm³/mol. The van der Waals surface area contributed by atoms with E-state index in [-0.39, 0.29) is 0 Å². The van der Waals surface area contributed by atoms with Crippen molar-refractivity contribution in [3.05, 3.63) is 29.2 Å². The number of hydrogen-bond acceptors (Lipinski definition) is 5. The van der Waals surface area contributed by atoms with E-state index in [2.05, 4.69) is 20.9 Å². The van der Waals surface area contributed by atoms with Gasteiger partial charge in [-0.05, 0) is 30.9 Å². The van der Waals surface area contributed by atoms with Gasteiger partial charge in [-0.1, -0.05) is 0 Å². The molecule has 0 saturated heterocycles. The van der Waals surface area contributed by atoms with Gasteiger partial charge in [0.15, 0.2) is 0 Å². The molecule has 0 aliphatic carbocycles. The highest BCUT2D eigenvalue weighted by molar-refractivity contribution is 7.10. The van der Waals surface area contributed by atoms with E-state index in [1.165, 1.54) is 11.5 Å². The van der Waals surface area contributed by atoms with Crippen LogP contribution < -0.4 is 5.32 Å². The summed E-state index contributed by atoms with van der Waals surface area (Å²) in [5.74, 6) is 0. The van der Waals surface area contributed by atoms with E-state index >= 15 is 0 Å². The lowest BCUT2D eigenvalue weighted by Crippen LogP contribution is -2.10. The van der Waals surface area contributed by atoms with Gasteiger partial charge in [0.25, 0.3) is 0 Å². The van der Waals surface area contributed by atoms with Gasteiger partial charge < -0.3 is 5.32 Å². The van der Waals surface area contributed by atoms with Gasteiger partial charge in [0.05, 0.1) is 18.4 Å². The van der Waals surface area contributed by atoms with Crippen LogP contribution in [-0.4, -0.2) is 20.7 Å². The van der Waals surface area contributed by atoms with Gasteiger partial charge in [-0.3, -0.25) is 4.68 Å². The number of aromatic nitrogens is 3. The Morgan fingerprint density at radius 2 is 2.35 bits per heavy atom. The van der Waals surface area contributed by atoms with Crippen LogP contribution in [0.1, 0.15) is 16.8 Å². The molecule has 0 unspecified atom stereocenters. The fraction of sp³-hybridized carbons (Fsp3) is 0.364. The summed E-state index contributed by atoms with van der Waals surface area (Å²) in [5.41, 5.74) is 2.58. The largest absolute Gasteiger partial charge is 0.373 e. The molecule has 0 saturated carbocycles. The zero-order valence-corrected chi connectivity index (χ0v) is 10.6. The van der Waals surface area contributed by atoms with E-state index in [1.54, 1.807) is 0 Å². The molecule has 0 aliphatic heterocycles. The average Bonchev–Trinajstić information content (AvgIpc) is 2.86. The maximum absolute atomic E-state index is 8.97. The summed E-state index contributed by atoms with van der Waals surface area (Å²) in [5, 5.41) is 17.2. The fourth-order valence-electron chi connectivity index (χ4n) is 1.50. The molecule has 2 heterocycles. The number of nitriles is 1. The third kappa shape index (κ3) is 2.63. The first-order valence-corrected chi connectivity index (χ1v) is 6.07. The monoisotopic (exact) mass is 247 g/mol. The zero-order valence-electron chi connectivity index (χ0n) is 9.77. The second-order valence-electron chi connectivity index (χ2n) is 3.79. The minimum atomic E-state index is 0.645. The topological polar surface area (TPSA) is 66.5 Å². The number of aryl methyl sites for hydroxylation is 2. The lowest BCUT2D eigenvalue weighted by Gasteiger charge is -2.03. The molecule has 0 bridgehead atoms. The Morgan fingerprint density at radius 1 is 1.53 bits per heavy atom. The molecular weight excluding hydrogens is 234 g/mol. The normalized spacial score (nSPS) is 10.2. The quantitative estimate of drug-likeness (QED) is 0.896. The Balaban J connectivity index is 1.92. The Labute approximate surface area is 104 Å². The maximum atomic E-state index is 8.97. The zero-order chi connectivity index (χ0) is 12.3. The molecule has 0 aromatic carbocycles. The number of anilines is 1. The van der Waals surface area contributed by atoms with Gasteiger partial charge in [-0.15, -0.1) is 0 Å². The minimum Gasteiger partial charge on any atom is -0.373 e. The molecule has 0 atom stereocenters. The van der Waals surface area contributed by atoms with Crippen LogP contribution in [0.4, 0.5) is 5.00 Å². The second-order valence-corrected chi connectivity index (χ2v) is 4.56. The van der Waals surface area contributed by atoms with Crippen molar-refractivity contribution in [1.29, 1.82) is 5.26 Å². The van der Waals surface area contributed by atoms with E-state index < -0.39 is 0 Å². The van der Waals surface area contributed by atoms with Crippen LogP contribution in [0.15, 0.2) is 12.4 Å². The van der Waals surface area contributed by atoms with Gasteiger partial charge in [0.2, 0.25) is 0 Å². The first-order chi connectivity index (χ1) is 8.20. The van der Waals surface area contributed by atoms with E-state index in [9.17, 15) is 0 Å². The van der Waals surface area contributed by atoms with Crippen molar-refractivity contribution in [2.24, 2.45) is 0 Å². The van der Waals surface area contributed by atoms with Crippen LogP contribution in [-0.2, 0) is 6.54 Å². The molecule has 0 aliphatic rings. The van der Waals surface area contributed by atoms with Gasteiger partial charge in [-0.25, -0.2) is 0 Å². The Bertz CT molecular complexity index is 548. The molecule has 1 N–H and O–H groups in total. The van der Waals surface area contributed by atoms with Crippen LogP contribution in [0.3, 0.4) is 0 Å². The lowest BCUT2D eigenvalue weighted by atomic mass is 10.3. The first kappa shape index (κ1) is 11.6. The van der Waals surface area contributed by atoms with Gasteiger partial charge in [0, 0.05) is 12.7 Å². The van der Waals surface area contributed by atoms with E-state index in [4.69, 9.17) is 5.26 Å². The summed E-state index contributed by atoms with van der Waals surface area (Å²) in [4.78, 5) is 0. The van der Waals surface area contributed by atoms with Crippen molar-refractivity contribution in [1.82, 2.24) is 14.2 Å². The fourth-order valence-corrected chi connectivity index (χ4v) is 2.27. The van der Waals surface area contributed by atoms with Gasteiger partial charge in [-0.2, -0.15) is 14.7 Å². The summed E-state index contributed by atoms with van der Waals surface area (Å²) in [6, 6.07) is 2.16. The predicted octanol–water partition coefficient (Wildman–Crippen LogP) is 1.94. The SMILES string of the molecule is Cc1cnn(CCNc2snc(C)c2C#N)c1. The lowest BCUT2D eigenvalue weighted by molar-refractivity contribution is 0.638. The maximum Gasteiger partial charge on any atom is 0.127 e. The van der Waals surface area contributed by atoms with Crippen LogP contribution in [0.25, 0.3) is 0 Å². The van der Waals surface area contributed by atoms with E-state index in [0.717, 1.165) is 29.3 Å². The summed E-state index contributed by atoms with van der Waals surface area (Å²) in [6.45, 7) is 5.36. The van der Waals surface area contributed by atoms with Crippen molar-refractivity contribution < 1.29 is 0 Å². The highest BCUT2D eigenvalue weighted by Gasteiger charge is 2.08. The summed E-state index contributed by atoms with van der Waals surface area (Å²) < 4.78 is 6.03. The van der Waals surface area contributed by atoms with Crippen LogP contribution in [0.5, 0.6) is 0 Å². The van der Waals surface area contributed by atoms with E-state index in [0.29, 0.717) is 5.56 Å². The van der Waals surface area contributed by atoms with E-state index in [1.807, 2.05) is 30.9 Å². The second kappa shape index (κ2) is 4.97. The molecule has 2 aromatic heterocycles. The third-order valence-electron chi connectivity index (χ3n) is 2.36. The molecule has 88 valence electrons. The molecule has 5 nitrogen and oxygen atoms in total. The number of nitrogens with zero attached hydrogens (tertiary/aromatic N) is 4. The highest BCUT2D eigenvalue weighted by Crippen LogP contribution is 2.22. The van der Waals surface area contributed by atoms with Crippen LogP contribution in [0, 0.1) is 25.2 Å². The number of nitrogens with one attached hydrogen (secondary N) is 1. The molecule has 2 aromatic rings. The Morgan fingerprint density at radius 3 is 3.00 bits per heavy atom. The Hall–Kier alpha value is -1.87. The molecular formula is C11H13N5S. The van der Waals surface area contributed by atoms with Crippen molar-refractivity contribution in [2.45, 2.75) is 20.4 Å².